The van der Waals surface area contributed by atoms with Crippen LogP contribution >= 0.6 is 0 Å². The number of rotatable bonds is 4. The molecule has 3 nitrogen and oxygen atoms in total. The van der Waals surface area contributed by atoms with Gasteiger partial charge in [-0.1, -0.05) is 12.9 Å². The van der Waals surface area contributed by atoms with Crippen LogP contribution in [0.25, 0.3) is 0 Å². The van der Waals surface area contributed by atoms with E-state index in [2.05, 4.69) is 60.5 Å². The summed E-state index contributed by atoms with van der Waals surface area (Å²) in [5, 5.41) is 3.36. The van der Waals surface area contributed by atoms with E-state index in [-0.39, 0.29) is 0 Å². The average molecular weight is 230 g/mol. The zero-order chi connectivity index (χ0) is 12.1. The van der Waals surface area contributed by atoms with Crippen LogP contribution in [-0.4, -0.2) is 44.9 Å². The van der Waals surface area contributed by atoms with E-state index in [0.29, 0.717) is 0 Å². The summed E-state index contributed by atoms with van der Waals surface area (Å²) in [5.74, 6) is 0. The first-order valence-electron chi connectivity index (χ1n) is 6.46. The molecule has 0 amide bonds. The van der Waals surface area contributed by atoms with E-state index in [1.165, 1.54) is 11.4 Å². The molecule has 0 saturated carbocycles. The smallest absolute Gasteiger partial charge is 0.205 e. The molecule has 1 N–H and O–H groups in total. The summed E-state index contributed by atoms with van der Waals surface area (Å²) in [7, 11) is 2.19. The molecular formula is C13H21BN3. The number of nitrogens with zero attached hydrogens (tertiary/aromatic N) is 2. The topological polar surface area (TPSA) is 18.5 Å². The Hall–Kier alpha value is -1.16. The van der Waals surface area contributed by atoms with E-state index in [1.807, 2.05) is 0 Å². The second-order valence-electron chi connectivity index (χ2n) is 4.36. The maximum atomic E-state index is 3.36. The Morgan fingerprint density at radius 2 is 2.00 bits per heavy atom. The molecule has 4 heteroatoms. The second kappa shape index (κ2) is 5.96. The van der Waals surface area contributed by atoms with Crippen LogP contribution in [0.15, 0.2) is 24.3 Å². The quantitative estimate of drug-likeness (QED) is 0.797. The van der Waals surface area contributed by atoms with E-state index in [1.54, 1.807) is 0 Å². The molecule has 0 atom stereocenters. The zero-order valence-electron chi connectivity index (χ0n) is 10.8. The molecular weight excluding hydrogens is 209 g/mol. The molecule has 1 saturated heterocycles. The van der Waals surface area contributed by atoms with Crippen molar-refractivity contribution in [3.8, 4) is 0 Å². The van der Waals surface area contributed by atoms with Crippen LogP contribution in [0, 0.1) is 0 Å². The number of hydrogen-bond donors (Lipinski definition) is 1. The molecule has 1 heterocycles. The van der Waals surface area contributed by atoms with Crippen molar-refractivity contribution >= 4 is 18.8 Å². The van der Waals surface area contributed by atoms with Crippen molar-refractivity contribution in [1.82, 2.24) is 4.81 Å². The summed E-state index contributed by atoms with van der Waals surface area (Å²) in [4.78, 5) is 4.84. The van der Waals surface area contributed by atoms with Gasteiger partial charge < -0.3 is 15.0 Å². The SMILES string of the molecule is C[B]N1CCN(c2cccc(NCC)c2)CC1. The third-order valence-electron chi connectivity index (χ3n) is 3.27. The van der Waals surface area contributed by atoms with E-state index in [9.17, 15) is 0 Å². The lowest BCUT2D eigenvalue weighted by molar-refractivity contribution is 0.408. The van der Waals surface area contributed by atoms with Crippen LogP contribution < -0.4 is 10.2 Å². The maximum Gasteiger partial charge on any atom is 0.205 e. The van der Waals surface area contributed by atoms with E-state index >= 15 is 0 Å². The van der Waals surface area contributed by atoms with Crippen molar-refractivity contribution in [1.29, 1.82) is 0 Å². The lowest BCUT2D eigenvalue weighted by Crippen LogP contribution is -2.47. The summed E-state index contributed by atoms with van der Waals surface area (Å²) in [6, 6.07) is 8.70. The molecule has 1 fully saturated rings. The number of nitrogens with one attached hydrogen (secondary N) is 1. The standard InChI is InChI=1S/C13H21BN3/c1-3-15-12-5-4-6-13(11-12)16-7-9-17(14-2)10-8-16/h4-6,11,15H,3,7-10H2,1-2H3. The van der Waals surface area contributed by atoms with Crippen LogP contribution in [0.1, 0.15) is 6.92 Å². The number of benzene rings is 1. The lowest BCUT2D eigenvalue weighted by atomic mass is 9.95. The van der Waals surface area contributed by atoms with Gasteiger partial charge in [-0.2, -0.15) is 0 Å². The predicted octanol–water partition coefficient (Wildman–Crippen LogP) is 1.91. The second-order valence-corrected chi connectivity index (χ2v) is 4.36. The van der Waals surface area contributed by atoms with Crippen molar-refractivity contribution in [3.63, 3.8) is 0 Å². The molecule has 0 aliphatic carbocycles. The molecule has 1 aliphatic heterocycles. The monoisotopic (exact) mass is 230 g/mol. The minimum absolute atomic E-state index is 0.974. The highest BCUT2D eigenvalue weighted by atomic mass is 15.2. The summed E-state index contributed by atoms with van der Waals surface area (Å²) < 4.78 is 0. The largest absolute Gasteiger partial charge is 0.385 e. The van der Waals surface area contributed by atoms with Crippen molar-refractivity contribution in [2.45, 2.75) is 13.7 Å². The van der Waals surface area contributed by atoms with Gasteiger partial charge >= 0.3 is 0 Å². The summed E-state index contributed by atoms with van der Waals surface area (Å²) in [6.45, 7) is 9.69. The fraction of sp³-hybridized carbons (Fsp3) is 0.538. The molecule has 0 spiro atoms. The molecule has 1 radical (unpaired) electrons. The van der Waals surface area contributed by atoms with Crippen molar-refractivity contribution < 1.29 is 0 Å². The Balaban J connectivity index is 2.00. The van der Waals surface area contributed by atoms with E-state index < -0.39 is 0 Å². The highest BCUT2D eigenvalue weighted by Gasteiger charge is 2.15. The number of hydrogen-bond acceptors (Lipinski definition) is 3. The summed E-state index contributed by atoms with van der Waals surface area (Å²) in [5.41, 5.74) is 2.55. The van der Waals surface area contributed by atoms with Gasteiger partial charge in [-0.3, -0.25) is 0 Å². The highest BCUT2D eigenvalue weighted by Crippen LogP contribution is 2.20. The van der Waals surface area contributed by atoms with Gasteiger partial charge in [0, 0.05) is 44.1 Å². The van der Waals surface area contributed by atoms with Gasteiger partial charge in [0.15, 0.2) is 0 Å². The van der Waals surface area contributed by atoms with Gasteiger partial charge in [0.1, 0.15) is 0 Å². The van der Waals surface area contributed by atoms with Crippen LogP contribution in [0.4, 0.5) is 11.4 Å². The number of piperazine rings is 1. The molecule has 17 heavy (non-hydrogen) atoms. The van der Waals surface area contributed by atoms with Crippen molar-refractivity contribution in [2.75, 3.05) is 42.9 Å². The Bertz CT molecular complexity index is 348. The maximum absolute atomic E-state index is 3.36. The molecule has 2 rings (SSSR count). The Labute approximate surface area is 105 Å². The highest BCUT2D eigenvalue weighted by molar-refractivity contribution is 6.29. The van der Waals surface area contributed by atoms with Crippen molar-refractivity contribution in [2.24, 2.45) is 0 Å². The third-order valence-corrected chi connectivity index (χ3v) is 3.27. The van der Waals surface area contributed by atoms with Crippen molar-refractivity contribution in [3.05, 3.63) is 24.3 Å². The first kappa shape index (κ1) is 12.3. The predicted molar refractivity (Wildman–Crippen MR) is 76.0 cm³/mol. The van der Waals surface area contributed by atoms with Crippen LogP contribution in [0.2, 0.25) is 6.82 Å². The third kappa shape index (κ3) is 3.16. The molecule has 1 aromatic rings. The number of anilines is 2. The fourth-order valence-corrected chi connectivity index (χ4v) is 2.26. The van der Waals surface area contributed by atoms with Crippen LogP contribution in [-0.2, 0) is 0 Å². The lowest BCUT2D eigenvalue weighted by Gasteiger charge is -2.35. The molecule has 91 valence electrons. The first-order valence-corrected chi connectivity index (χ1v) is 6.46. The van der Waals surface area contributed by atoms with Crippen LogP contribution in [0.3, 0.4) is 0 Å². The van der Waals surface area contributed by atoms with Gasteiger partial charge in [0.2, 0.25) is 7.41 Å². The zero-order valence-corrected chi connectivity index (χ0v) is 10.8. The minimum atomic E-state index is 0.974. The van der Waals surface area contributed by atoms with Gasteiger partial charge in [-0.15, -0.1) is 0 Å². The fourth-order valence-electron chi connectivity index (χ4n) is 2.26. The first-order chi connectivity index (χ1) is 8.33. The van der Waals surface area contributed by atoms with E-state index in [0.717, 1.165) is 32.7 Å². The summed E-state index contributed by atoms with van der Waals surface area (Å²) >= 11 is 0. The molecule has 1 aromatic carbocycles. The van der Waals surface area contributed by atoms with Gasteiger partial charge in [-0.25, -0.2) is 0 Å². The normalized spacial score (nSPS) is 16.9. The Morgan fingerprint density at radius 1 is 1.24 bits per heavy atom. The summed E-state index contributed by atoms with van der Waals surface area (Å²) in [6.07, 6.45) is 0. The van der Waals surface area contributed by atoms with E-state index in [4.69, 9.17) is 0 Å². The Kier molecular flexibility index (Phi) is 4.32. The minimum Gasteiger partial charge on any atom is -0.385 e. The Morgan fingerprint density at radius 3 is 2.65 bits per heavy atom. The van der Waals surface area contributed by atoms with Gasteiger partial charge in [0.25, 0.3) is 0 Å². The molecule has 0 aromatic heterocycles. The molecule has 1 aliphatic rings. The molecule has 0 bridgehead atoms. The van der Waals surface area contributed by atoms with Crippen LogP contribution in [0.5, 0.6) is 0 Å². The van der Waals surface area contributed by atoms with Gasteiger partial charge in [0.05, 0.1) is 0 Å². The molecule has 0 unspecified atom stereocenters. The van der Waals surface area contributed by atoms with Gasteiger partial charge in [-0.05, 0) is 25.1 Å². The average Bonchev–Trinajstić information content (AvgIpc) is 2.40.